The van der Waals surface area contributed by atoms with Crippen LogP contribution in [0.4, 0.5) is 0 Å². The molecule has 1 rings (SSSR count). The lowest BCUT2D eigenvalue weighted by atomic mass is 9.87. The third-order valence-electron chi connectivity index (χ3n) is 2.71. The molecule has 0 spiro atoms. The average molecular weight is 201 g/mol. The van der Waals surface area contributed by atoms with Gasteiger partial charge in [0, 0.05) is 10.8 Å². The Morgan fingerprint density at radius 3 is 2.64 bits per heavy atom. The summed E-state index contributed by atoms with van der Waals surface area (Å²) >= 11 is 0. The van der Waals surface area contributed by atoms with Gasteiger partial charge in [0.05, 0.1) is 31.0 Å². The van der Waals surface area contributed by atoms with Crippen LogP contribution in [-0.4, -0.2) is 41.2 Å². The molecule has 5 atom stereocenters. The lowest BCUT2D eigenvalue weighted by molar-refractivity contribution is -0.149. The number of azide groups is 1. The first-order chi connectivity index (χ1) is 6.61. The Balaban J connectivity index is 2.78. The van der Waals surface area contributed by atoms with Crippen LogP contribution in [0, 0.1) is 5.92 Å². The van der Waals surface area contributed by atoms with Crippen LogP contribution in [0.5, 0.6) is 0 Å². The number of ether oxygens (including phenoxy) is 1. The lowest BCUT2D eigenvalue weighted by Gasteiger charge is -2.40. The Labute approximate surface area is 82.1 Å². The molecule has 0 radical (unpaired) electrons. The molecule has 3 unspecified atom stereocenters. The molecule has 0 aromatic carbocycles. The maximum absolute atomic E-state index is 9.78. The number of aliphatic hydroxyl groups excluding tert-OH is 2. The van der Waals surface area contributed by atoms with Gasteiger partial charge in [-0.05, 0) is 12.5 Å². The molecule has 2 N–H and O–H groups in total. The molecule has 80 valence electrons. The van der Waals surface area contributed by atoms with Crippen molar-refractivity contribution in [3.63, 3.8) is 0 Å². The van der Waals surface area contributed by atoms with Gasteiger partial charge in [-0.1, -0.05) is 12.0 Å². The zero-order valence-electron chi connectivity index (χ0n) is 8.24. The van der Waals surface area contributed by atoms with E-state index in [2.05, 4.69) is 10.0 Å². The van der Waals surface area contributed by atoms with Gasteiger partial charge in [0.15, 0.2) is 0 Å². The average Bonchev–Trinajstić information content (AvgIpc) is 2.18. The first-order valence-corrected chi connectivity index (χ1v) is 4.60. The fourth-order valence-corrected chi connectivity index (χ4v) is 1.72. The van der Waals surface area contributed by atoms with Crippen LogP contribution < -0.4 is 0 Å². The first kappa shape index (κ1) is 11.3. The highest BCUT2D eigenvalue weighted by atomic mass is 16.5. The molecule has 0 aromatic rings. The second kappa shape index (κ2) is 4.61. The topological polar surface area (TPSA) is 98.5 Å². The smallest absolute Gasteiger partial charge is 0.0896 e. The summed E-state index contributed by atoms with van der Waals surface area (Å²) in [6, 6.07) is -0.571. The highest BCUT2D eigenvalue weighted by Crippen LogP contribution is 2.27. The predicted molar refractivity (Wildman–Crippen MR) is 49.5 cm³/mol. The zero-order chi connectivity index (χ0) is 10.7. The zero-order valence-corrected chi connectivity index (χ0v) is 8.24. The highest BCUT2D eigenvalue weighted by Gasteiger charge is 2.40. The van der Waals surface area contributed by atoms with E-state index in [1.807, 2.05) is 0 Å². The molecule has 1 fully saturated rings. The Bertz CT molecular complexity index is 242. The van der Waals surface area contributed by atoms with E-state index in [0.29, 0.717) is 0 Å². The van der Waals surface area contributed by atoms with E-state index >= 15 is 0 Å². The van der Waals surface area contributed by atoms with Crippen LogP contribution in [0.25, 0.3) is 10.4 Å². The third-order valence-corrected chi connectivity index (χ3v) is 2.71. The SMILES string of the molecule is CC1OC(CO)[C@@H](C)[C@H](O)C1N=[N+]=[N-]. The molecule has 0 aromatic heterocycles. The number of aliphatic hydroxyl groups is 2. The van der Waals surface area contributed by atoms with Crippen molar-refractivity contribution in [1.29, 1.82) is 0 Å². The van der Waals surface area contributed by atoms with Gasteiger partial charge in [-0.15, -0.1) is 0 Å². The van der Waals surface area contributed by atoms with Crippen LogP contribution in [-0.2, 0) is 4.74 Å². The molecule has 14 heavy (non-hydrogen) atoms. The summed E-state index contributed by atoms with van der Waals surface area (Å²) in [5.74, 6) is -0.230. The monoisotopic (exact) mass is 201 g/mol. The van der Waals surface area contributed by atoms with Crippen LogP contribution in [0.2, 0.25) is 0 Å². The maximum atomic E-state index is 9.78. The van der Waals surface area contributed by atoms with Crippen molar-refractivity contribution in [2.45, 2.75) is 38.2 Å². The fourth-order valence-electron chi connectivity index (χ4n) is 1.72. The van der Waals surface area contributed by atoms with Crippen molar-refractivity contribution in [2.75, 3.05) is 6.61 Å². The summed E-state index contributed by atoms with van der Waals surface area (Å²) in [4.78, 5) is 2.67. The van der Waals surface area contributed by atoms with Gasteiger partial charge in [0.25, 0.3) is 0 Å². The summed E-state index contributed by atoms with van der Waals surface area (Å²) < 4.78 is 5.41. The Morgan fingerprint density at radius 2 is 2.14 bits per heavy atom. The number of rotatable bonds is 2. The molecular formula is C8H15N3O3. The van der Waals surface area contributed by atoms with E-state index in [1.54, 1.807) is 13.8 Å². The summed E-state index contributed by atoms with van der Waals surface area (Å²) in [6.45, 7) is 3.35. The van der Waals surface area contributed by atoms with Gasteiger partial charge >= 0.3 is 0 Å². The first-order valence-electron chi connectivity index (χ1n) is 4.60. The van der Waals surface area contributed by atoms with Crippen molar-refractivity contribution in [3.05, 3.63) is 10.4 Å². The van der Waals surface area contributed by atoms with E-state index in [9.17, 15) is 5.11 Å². The van der Waals surface area contributed by atoms with E-state index in [-0.39, 0.29) is 24.7 Å². The minimum Gasteiger partial charge on any atom is -0.394 e. The van der Waals surface area contributed by atoms with Crippen molar-refractivity contribution in [1.82, 2.24) is 0 Å². The van der Waals surface area contributed by atoms with Crippen molar-refractivity contribution in [3.8, 4) is 0 Å². The second-order valence-electron chi connectivity index (χ2n) is 3.61. The van der Waals surface area contributed by atoms with Crippen molar-refractivity contribution in [2.24, 2.45) is 11.0 Å². The van der Waals surface area contributed by atoms with Crippen LogP contribution in [0.1, 0.15) is 13.8 Å². The molecule has 0 aliphatic carbocycles. The Hall–Kier alpha value is -0.810. The van der Waals surface area contributed by atoms with Crippen LogP contribution in [0.3, 0.4) is 0 Å². The molecule has 0 bridgehead atoms. The summed E-state index contributed by atoms with van der Waals surface area (Å²) in [6.07, 6.45) is -1.51. The molecule has 6 nitrogen and oxygen atoms in total. The summed E-state index contributed by atoms with van der Waals surface area (Å²) in [7, 11) is 0. The largest absolute Gasteiger partial charge is 0.394 e. The van der Waals surface area contributed by atoms with Gasteiger partial charge in [-0.25, -0.2) is 0 Å². The summed E-state index contributed by atoms with van der Waals surface area (Å²) in [5.41, 5.74) is 8.31. The standard InChI is InChI=1S/C8H15N3O3/c1-4-6(3-12)14-5(2)7(8(4)13)10-11-9/h4-8,12-13H,3H2,1-2H3/t4-,5?,6?,7?,8+/m1/s1. The Kier molecular flexibility index (Phi) is 3.71. The summed E-state index contributed by atoms with van der Waals surface area (Å²) in [5, 5.41) is 22.2. The van der Waals surface area contributed by atoms with Crippen LogP contribution >= 0.6 is 0 Å². The number of hydrogen-bond acceptors (Lipinski definition) is 4. The van der Waals surface area contributed by atoms with Crippen molar-refractivity contribution < 1.29 is 14.9 Å². The van der Waals surface area contributed by atoms with Gasteiger partial charge in [-0.2, -0.15) is 0 Å². The van der Waals surface area contributed by atoms with Gasteiger partial charge in [0.1, 0.15) is 0 Å². The van der Waals surface area contributed by atoms with Gasteiger partial charge in [0.2, 0.25) is 0 Å². The highest BCUT2D eigenvalue weighted by molar-refractivity contribution is 4.92. The normalized spacial score (nSPS) is 43.0. The Morgan fingerprint density at radius 1 is 1.50 bits per heavy atom. The molecule has 1 saturated heterocycles. The quantitative estimate of drug-likeness (QED) is 0.385. The molecule has 1 aliphatic heterocycles. The minimum atomic E-state index is -0.758. The fraction of sp³-hybridized carbons (Fsp3) is 1.00. The van der Waals surface area contributed by atoms with Gasteiger partial charge < -0.3 is 14.9 Å². The molecule has 1 aliphatic rings. The molecule has 0 saturated carbocycles. The van der Waals surface area contributed by atoms with E-state index in [0.717, 1.165) is 0 Å². The number of hydrogen-bond donors (Lipinski definition) is 2. The van der Waals surface area contributed by atoms with Gasteiger partial charge in [-0.3, -0.25) is 0 Å². The molecule has 6 heteroatoms. The maximum Gasteiger partial charge on any atom is 0.0896 e. The predicted octanol–water partition coefficient (Wildman–Crippen LogP) is 0.442. The lowest BCUT2D eigenvalue weighted by Crippen LogP contribution is -2.52. The number of nitrogens with zero attached hydrogens (tertiary/aromatic N) is 3. The van der Waals surface area contributed by atoms with Crippen LogP contribution in [0.15, 0.2) is 5.11 Å². The second-order valence-corrected chi connectivity index (χ2v) is 3.61. The van der Waals surface area contributed by atoms with E-state index in [4.69, 9.17) is 15.4 Å². The molecular weight excluding hydrogens is 186 g/mol. The third kappa shape index (κ3) is 1.99. The minimum absolute atomic E-state index is 0.133. The van der Waals surface area contributed by atoms with Crippen molar-refractivity contribution >= 4 is 0 Å². The van der Waals surface area contributed by atoms with E-state index < -0.39 is 12.1 Å². The van der Waals surface area contributed by atoms with E-state index in [1.165, 1.54) is 0 Å². The molecule has 1 heterocycles. The molecule has 0 amide bonds.